The molecule has 0 aliphatic carbocycles. The molecule has 2 rings (SSSR count). The molecule has 1 aromatic rings. The van der Waals surface area contributed by atoms with Crippen molar-refractivity contribution in [2.45, 2.75) is 30.6 Å². The summed E-state index contributed by atoms with van der Waals surface area (Å²) in [6, 6.07) is -1.03. The number of carboxylic acids is 1. The molecule has 2 atom stereocenters. The number of nitrogens with two attached hydrogens (primary N) is 1. The molecule has 18 heavy (non-hydrogen) atoms. The van der Waals surface area contributed by atoms with Crippen LogP contribution in [0.25, 0.3) is 0 Å². The van der Waals surface area contributed by atoms with Crippen LogP contribution in [0.1, 0.15) is 31.0 Å². The Hall–Kier alpha value is -0.790. The quantitative estimate of drug-likeness (QED) is 0.767. The summed E-state index contributed by atoms with van der Waals surface area (Å²) in [6.45, 7) is 0.889. The van der Waals surface area contributed by atoms with E-state index in [1.54, 1.807) is 5.38 Å². The summed E-state index contributed by atoms with van der Waals surface area (Å²) in [6.07, 6.45) is 3.85. The third kappa shape index (κ3) is 3.60. The van der Waals surface area contributed by atoms with Crippen LogP contribution in [0.5, 0.6) is 0 Å². The van der Waals surface area contributed by atoms with Gasteiger partial charge in [-0.05, 0) is 18.6 Å². The molecule has 1 aliphatic rings. The van der Waals surface area contributed by atoms with Crippen molar-refractivity contribution < 1.29 is 9.90 Å². The van der Waals surface area contributed by atoms with Crippen molar-refractivity contribution in [2.24, 2.45) is 5.73 Å². The lowest BCUT2D eigenvalue weighted by Gasteiger charge is -2.21. The molecule has 7 heteroatoms. The van der Waals surface area contributed by atoms with Crippen LogP contribution in [0.15, 0.2) is 5.38 Å². The second kappa shape index (κ2) is 6.40. The summed E-state index contributed by atoms with van der Waals surface area (Å²) < 4.78 is 0. The van der Waals surface area contributed by atoms with Crippen molar-refractivity contribution in [3.05, 3.63) is 11.1 Å². The van der Waals surface area contributed by atoms with Crippen molar-refractivity contribution in [3.8, 4) is 0 Å². The number of nitrogens with one attached hydrogen (secondary N) is 1. The van der Waals surface area contributed by atoms with Crippen LogP contribution in [-0.4, -0.2) is 33.6 Å². The standard InChI is InChI=1S/C11H17N3O2S2/c12-9(10(15)16)8-6-18-11(14-8)13-5-7-3-1-2-4-17-7/h6-7,9H,1-5,12H2,(H,13,14)(H,15,16). The SMILES string of the molecule is NC(C(=O)O)c1csc(NCC2CCCCS2)n1. The molecule has 0 spiro atoms. The van der Waals surface area contributed by atoms with Gasteiger partial charge in [0.2, 0.25) is 0 Å². The normalized spacial score (nSPS) is 21.5. The first-order chi connectivity index (χ1) is 8.66. The molecule has 4 N–H and O–H groups in total. The number of thioether (sulfide) groups is 1. The molecule has 2 unspecified atom stereocenters. The molecule has 5 nitrogen and oxygen atoms in total. The van der Waals surface area contributed by atoms with Gasteiger partial charge in [0, 0.05) is 17.2 Å². The fraction of sp³-hybridized carbons (Fsp3) is 0.636. The molecule has 0 radical (unpaired) electrons. The number of carbonyl (C=O) groups is 1. The highest BCUT2D eigenvalue weighted by Gasteiger charge is 2.18. The number of thiazole rings is 1. The van der Waals surface area contributed by atoms with E-state index in [1.165, 1.54) is 36.4 Å². The average molecular weight is 287 g/mol. The van der Waals surface area contributed by atoms with Crippen LogP contribution in [0, 0.1) is 0 Å². The Bertz CT molecular complexity index is 405. The Labute approximate surface area is 114 Å². The van der Waals surface area contributed by atoms with Crippen LogP contribution in [-0.2, 0) is 4.79 Å². The summed E-state index contributed by atoms with van der Waals surface area (Å²) in [7, 11) is 0. The van der Waals surface area contributed by atoms with E-state index >= 15 is 0 Å². The first kappa shape index (κ1) is 13.6. The van der Waals surface area contributed by atoms with Gasteiger partial charge < -0.3 is 16.2 Å². The topological polar surface area (TPSA) is 88.2 Å². The molecule has 0 bridgehead atoms. The van der Waals surface area contributed by atoms with Crippen LogP contribution in [0.4, 0.5) is 5.13 Å². The van der Waals surface area contributed by atoms with Crippen molar-refractivity contribution in [3.63, 3.8) is 0 Å². The average Bonchev–Trinajstić information content (AvgIpc) is 2.85. The molecule has 100 valence electrons. The van der Waals surface area contributed by atoms with Gasteiger partial charge in [0.05, 0.1) is 5.69 Å². The number of nitrogens with zero attached hydrogens (tertiary/aromatic N) is 1. The lowest BCUT2D eigenvalue weighted by Crippen LogP contribution is -2.22. The molecule has 1 aromatic heterocycles. The van der Waals surface area contributed by atoms with E-state index in [9.17, 15) is 4.79 Å². The van der Waals surface area contributed by atoms with Gasteiger partial charge in [0.15, 0.2) is 5.13 Å². The number of hydrogen-bond acceptors (Lipinski definition) is 6. The van der Waals surface area contributed by atoms with E-state index < -0.39 is 12.0 Å². The highest BCUT2D eigenvalue weighted by Crippen LogP contribution is 2.26. The van der Waals surface area contributed by atoms with E-state index in [2.05, 4.69) is 10.3 Å². The molecular formula is C11H17N3O2S2. The second-order valence-corrected chi connectivity index (χ2v) is 6.53. The van der Waals surface area contributed by atoms with Crippen molar-refractivity contribution in [1.29, 1.82) is 0 Å². The maximum atomic E-state index is 10.7. The van der Waals surface area contributed by atoms with E-state index in [1.807, 2.05) is 11.8 Å². The van der Waals surface area contributed by atoms with Gasteiger partial charge in [-0.15, -0.1) is 11.3 Å². The molecule has 1 fully saturated rings. The van der Waals surface area contributed by atoms with Gasteiger partial charge in [-0.25, -0.2) is 4.98 Å². The highest BCUT2D eigenvalue weighted by molar-refractivity contribution is 7.99. The maximum Gasteiger partial charge on any atom is 0.326 e. The van der Waals surface area contributed by atoms with Gasteiger partial charge in [-0.3, -0.25) is 4.79 Å². The molecule has 2 heterocycles. The Kier molecular flexibility index (Phi) is 4.85. The van der Waals surface area contributed by atoms with Crippen LogP contribution in [0.3, 0.4) is 0 Å². The van der Waals surface area contributed by atoms with Crippen LogP contribution >= 0.6 is 23.1 Å². The zero-order valence-corrected chi connectivity index (χ0v) is 11.6. The molecule has 1 aliphatic heterocycles. The minimum atomic E-state index is -1.05. The van der Waals surface area contributed by atoms with Gasteiger partial charge in [0.1, 0.15) is 6.04 Å². The van der Waals surface area contributed by atoms with E-state index in [4.69, 9.17) is 10.8 Å². The van der Waals surface area contributed by atoms with Crippen molar-refractivity contribution in [2.75, 3.05) is 17.6 Å². The second-order valence-electron chi connectivity index (χ2n) is 4.26. The molecule has 1 saturated heterocycles. The highest BCUT2D eigenvalue weighted by atomic mass is 32.2. The summed E-state index contributed by atoms with van der Waals surface area (Å²) in [5.41, 5.74) is 5.93. The summed E-state index contributed by atoms with van der Waals surface area (Å²) in [5, 5.41) is 15.2. The predicted molar refractivity (Wildman–Crippen MR) is 75.3 cm³/mol. The number of hydrogen-bond donors (Lipinski definition) is 3. The van der Waals surface area contributed by atoms with E-state index in [0.29, 0.717) is 10.9 Å². The fourth-order valence-electron chi connectivity index (χ4n) is 1.81. The molecule has 0 saturated carbocycles. The largest absolute Gasteiger partial charge is 0.480 e. The van der Waals surface area contributed by atoms with E-state index in [0.717, 1.165) is 11.7 Å². The Morgan fingerprint density at radius 2 is 2.50 bits per heavy atom. The van der Waals surface area contributed by atoms with Gasteiger partial charge >= 0.3 is 5.97 Å². The Morgan fingerprint density at radius 3 is 3.17 bits per heavy atom. The first-order valence-corrected chi connectivity index (χ1v) is 7.89. The van der Waals surface area contributed by atoms with E-state index in [-0.39, 0.29) is 0 Å². The zero-order valence-electron chi connectivity index (χ0n) is 9.96. The summed E-state index contributed by atoms with van der Waals surface area (Å²) in [5.74, 6) is 0.189. The van der Waals surface area contributed by atoms with Gasteiger partial charge in [-0.2, -0.15) is 11.8 Å². The Balaban J connectivity index is 1.84. The summed E-state index contributed by atoms with van der Waals surface area (Å²) in [4.78, 5) is 14.9. The third-order valence-corrected chi connectivity index (χ3v) is 5.08. The number of carboxylic acid groups (broad SMARTS) is 1. The third-order valence-electron chi connectivity index (χ3n) is 2.86. The van der Waals surface area contributed by atoms with Crippen LogP contribution in [0.2, 0.25) is 0 Å². The lowest BCUT2D eigenvalue weighted by molar-refractivity contribution is -0.138. The zero-order chi connectivity index (χ0) is 13.0. The van der Waals surface area contributed by atoms with Gasteiger partial charge in [-0.1, -0.05) is 6.42 Å². The predicted octanol–water partition coefficient (Wildman–Crippen LogP) is 1.93. The monoisotopic (exact) mass is 287 g/mol. The number of anilines is 1. The minimum Gasteiger partial charge on any atom is -0.480 e. The lowest BCUT2D eigenvalue weighted by atomic mass is 10.2. The molecule has 0 aromatic carbocycles. The number of aromatic nitrogens is 1. The smallest absolute Gasteiger partial charge is 0.326 e. The Morgan fingerprint density at radius 1 is 1.67 bits per heavy atom. The first-order valence-electron chi connectivity index (χ1n) is 5.96. The van der Waals surface area contributed by atoms with Gasteiger partial charge in [0.25, 0.3) is 0 Å². The van der Waals surface area contributed by atoms with Crippen molar-refractivity contribution >= 4 is 34.2 Å². The summed E-state index contributed by atoms with van der Waals surface area (Å²) >= 11 is 3.41. The number of aliphatic carboxylic acids is 1. The van der Waals surface area contributed by atoms with Crippen molar-refractivity contribution in [1.82, 2.24) is 4.98 Å². The fourth-order valence-corrected chi connectivity index (χ4v) is 3.80. The number of rotatable bonds is 5. The van der Waals surface area contributed by atoms with Crippen LogP contribution < -0.4 is 11.1 Å². The maximum absolute atomic E-state index is 10.7. The molecular weight excluding hydrogens is 270 g/mol. The molecule has 0 amide bonds. The minimum absolute atomic E-state index is 0.422.